The lowest BCUT2D eigenvalue weighted by Gasteiger charge is -2.32. The van der Waals surface area contributed by atoms with Gasteiger partial charge in [0.1, 0.15) is 6.07 Å². The van der Waals surface area contributed by atoms with Gasteiger partial charge in [-0.1, -0.05) is 18.2 Å². The molecule has 0 bridgehead atoms. The van der Waals surface area contributed by atoms with Crippen LogP contribution < -0.4 is 10.2 Å². The van der Waals surface area contributed by atoms with Crippen LogP contribution in [0.4, 0.5) is 11.4 Å². The van der Waals surface area contributed by atoms with Gasteiger partial charge in [0.2, 0.25) is 0 Å². The smallest absolute Gasteiger partial charge is 0.265 e. The van der Waals surface area contributed by atoms with E-state index in [1.807, 2.05) is 42.5 Å². The van der Waals surface area contributed by atoms with Gasteiger partial charge in [-0.15, -0.1) is 11.3 Å². The number of nitriles is 1. The molecule has 136 valence electrons. The summed E-state index contributed by atoms with van der Waals surface area (Å²) in [6.07, 6.45) is 1.15. The third-order valence-corrected chi connectivity index (χ3v) is 5.94. The van der Waals surface area contributed by atoms with Crippen molar-refractivity contribution >= 4 is 38.7 Å². The normalized spacial score (nSPS) is 14.9. The molecule has 0 radical (unpaired) electrons. The lowest BCUT2D eigenvalue weighted by atomic mass is 10.0. The summed E-state index contributed by atoms with van der Waals surface area (Å²) in [6, 6.07) is 17.4. The van der Waals surface area contributed by atoms with Gasteiger partial charge in [-0.2, -0.15) is 5.26 Å². The zero-order valence-electron chi connectivity index (χ0n) is 14.7. The number of thiophene rings is 1. The van der Waals surface area contributed by atoms with Crippen LogP contribution in [0.1, 0.15) is 28.1 Å². The van der Waals surface area contributed by atoms with E-state index >= 15 is 0 Å². The van der Waals surface area contributed by atoms with Crippen molar-refractivity contribution in [2.45, 2.75) is 18.9 Å². The van der Waals surface area contributed by atoms with Gasteiger partial charge in [0.15, 0.2) is 0 Å². The molecular weight excluding hydrogens is 358 g/mol. The van der Waals surface area contributed by atoms with Crippen LogP contribution in [0.25, 0.3) is 10.1 Å². The van der Waals surface area contributed by atoms with Gasteiger partial charge < -0.3 is 15.3 Å². The lowest BCUT2D eigenvalue weighted by Crippen LogP contribution is -2.36. The fourth-order valence-corrected chi connectivity index (χ4v) is 4.33. The summed E-state index contributed by atoms with van der Waals surface area (Å²) >= 11 is 1.45. The maximum Gasteiger partial charge on any atom is 0.265 e. The van der Waals surface area contributed by atoms with Crippen molar-refractivity contribution in [3.8, 4) is 6.07 Å². The molecule has 0 aliphatic carbocycles. The Labute approximate surface area is 161 Å². The highest BCUT2D eigenvalue weighted by molar-refractivity contribution is 7.20. The summed E-state index contributed by atoms with van der Waals surface area (Å²) in [5.74, 6) is -0.172. The fourth-order valence-electron chi connectivity index (χ4n) is 3.37. The number of carbonyl (C=O) groups is 1. The number of amides is 1. The van der Waals surface area contributed by atoms with Gasteiger partial charge in [0.05, 0.1) is 22.2 Å². The van der Waals surface area contributed by atoms with Gasteiger partial charge >= 0.3 is 0 Å². The molecule has 0 spiro atoms. The van der Waals surface area contributed by atoms with E-state index < -0.39 is 0 Å². The molecule has 0 saturated carbocycles. The molecule has 1 amide bonds. The van der Waals surface area contributed by atoms with Crippen molar-refractivity contribution < 1.29 is 9.90 Å². The van der Waals surface area contributed by atoms with E-state index in [1.54, 1.807) is 6.07 Å². The molecule has 2 N–H and O–H groups in total. The predicted octanol–water partition coefficient (Wildman–Crippen LogP) is 3.99. The molecule has 0 unspecified atom stereocenters. The summed E-state index contributed by atoms with van der Waals surface area (Å²) in [5.41, 5.74) is 1.99. The first-order valence-corrected chi connectivity index (χ1v) is 9.73. The summed E-state index contributed by atoms with van der Waals surface area (Å²) in [5, 5.41) is 23.1. The minimum absolute atomic E-state index is 0.172. The topological polar surface area (TPSA) is 76.4 Å². The summed E-state index contributed by atoms with van der Waals surface area (Å²) in [4.78, 5) is 15.3. The Balaban J connectivity index is 1.53. The number of aliphatic hydroxyl groups excluding tert-OH is 1. The molecule has 5 nitrogen and oxygen atoms in total. The maximum atomic E-state index is 12.6. The van der Waals surface area contributed by atoms with Crippen LogP contribution >= 0.6 is 11.3 Å². The quantitative estimate of drug-likeness (QED) is 0.724. The molecular formula is C21H19N3O2S. The third kappa shape index (κ3) is 3.65. The largest absolute Gasteiger partial charge is 0.393 e. The summed E-state index contributed by atoms with van der Waals surface area (Å²) in [6.45, 7) is 1.45. The SMILES string of the molecule is N#Cc1cc(NC(=O)c2cc3ccccc3s2)ccc1N1CCC(O)CC1. The van der Waals surface area contributed by atoms with E-state index in [1.165, 1.54) is 11.3 Å². The standard InChI is InChI=1S/C21H19N3O2S/c22-13-15-11-16(5-6-18(15)24-9-7-17(25)8-10-24)23-21(26)20-12-14-3-1-2-4-19(14)27-20/h1-6,11-12,17,25H,7-10H2,(H,23,26). The average Bonchev–Trinajstić information content (AvgIpc) is 3.13. The molecule has 6 heteroatoms. The van der Waals surface area contributed by atoms with Gasteiger partial charge in [-0.25, -0.2) is 0 Å². The monoisotopic (exact) mass is 377 g/mol. The number of nitrogens with zero attached hydrogens (tertiary/aromatic N) is 2. The van der Waals surface area contributed by atoms with E-state index in [-0.39, 0.29) is 12.0 Å². The van der Waals surface area contributed by atoms with Gasteiger partial charge in [-0.3, -0.25) is 4.79 Å². The maximum absolute atomic E-state index is 12.6. The minimum atomic E-state index is -0.258. The van der Waals surface area contributed by atoms with Crippen molar-refractivity contribution in [2.24, 2.45) is 0 Å². The molecule has 1 fully saturated rings. The van der Waals surface area contributed by atoms with Crippen LogP contribution in [0.15, 0.2) is 48.5 Å². The third-order valence-electron chi connectivity index (χ3n) is 4.83. The number of anilines is 2. The Morgan fingerprint density at radius 3 is 2.70 bits per heavy atom. The number of carbonyl (C=O) groups excluding carboxylic acids is 1. The number of benzene rings is 2. The van der Waals surface area contributed by atoms with Crippen molar-refractivity contribution in [1.82, 2.24) is 0 Å². The molecule has 1 aliphatic heterocycles. The fraction of sp³-hybridized carbons (Fsp3) is 0.238. The van der Waals surface area contributed by atoms with E-state index in [2.05, 4.69) is 16.3 Å². The van der Waals surface area contributed by atoms with E-state index in [0.717, 1.165) is 28.9 Å². The Morgan fingerprint density at radius 1 is 1.19 bits per heavy atom. The van der Waals surface area contributed by atoms with Crippen molar-refractivity contribution in [2.75, 3.05) is 23.3 Å². The molecule has 2 heterocycles. The molecule has 1 aromatic heterocycles. The van der Waals surface area contributed by atoms with Crippen LogP contribution in [0, 0.1) is 11.3 Å². The molecule has 4 rings (SSSR count). The molecule has 3 aromatic rings. The zero-order chi connectivity index (χ0) is 18.8. The summed E-state index contributed by atoms with van der Waals surface area (Å²) in [7, 11) is 0. The number of hydrogen-bond acceptors (Lipinski definition) is 5. The molecule has 1 aliphatic rings. The van der Waals surface area contributed by atoms with Gasteiger partial charge in [-0.05, 0) is 48.6 Å². The van der Waals surface area contributed by atoms with Crippen LogP contribution in [0.5, 0.6) is 0 Å². The Bertz CT molecular complexity index is 996. The molecule has 1 saturated heterocycles. The number of piperidine rings is 1. The van der Waals surface area contributed by atoms with Crippen molar-refractivity contribution in [3.63, 3.8) is 0 Å². The number of fused-ring (bicyclic) bond motifs is 1. The van der Waals surface area contributed by atoms with Crippen LogP contribution in [-0.2, 0) is 0 Å². The first-order valence-electron chi connectivity index (χ1n) is 8.91. The van der Waals surface area contributed by atoms with E-state index in [0.29, 0.717) is 29.0 Å². The zero-order valence-corrected chi connectivity index (χ0v) is 15.5. The number of nitrogens with one attached hydrogen (secondary N) is 1. The highest BCUT2D eigenvalue weighted by Gasteiger charge is 2.20. The van der Waals surface area contributed by atoms with Gasteiger partial charge in [0.25, 0.3) is 5.91 Å². The Morgan fingerprint density at radius 2 is 1.96 bits per heavy atom. The second-order valence-electron chi connectivity index (χ2n) is 6.66. The first kappa shape index (κ1) is 17.5. The van der Waals surface area contributed by atoms with Gasteiger partial charge in [0, 0.05) is 23.5 Å². The van der Waals surface area contributed by atoms with Crippen molar-refractivity contribution in [1.29, 1.82) is 5.26 Å². The summed E-state index contributed by atoms with van der Waals surface area (Å²) < 4.78 is 1.07. The first-order chi connectivity index (χ1) is 13.1. The number of aliphatic hydroxyl groups is 1. The number of hydrogen-bond donors (Lipinski definition) is 2. The average molecular weight is 377 g/mol. The second kappa shape index (κ2) is 7.39. The Kier molecular flexibility index (Phi) is 4.80. The highest BCUT2D eigenvalue weighted by atomic mass is 32.1. The Hall–Kier alpha value is -2.88. The predicted molar refractivity (Wildman–Crippen MR) is 108 cm³/mol. The van der Waals surface area contributed by atoms with E-state index in [4.69, 9.17) is 0 Å². The molecule has 2 aromatic carbocycles. The highest BCUT2D eigenvalue weighted by Crippen LogP contribution is 2.29. The van der Waals surface area contributed by atoms with Crippen LogP contribution in [0.3, 0.4) is 0 Å². The minimum Gasteiger partial charge on any atom is -0.393 e. The molecule has 27 heavy (non-hydrogen) atoms. The van der Waals surface area contributed by atoms with Crippen LogP contribution in [-0.4, -0.2) is 30.2 Å². The lowest BCUT2D eigenvalue weighted by molar-refractivity contribution is 0.103. The van der Waals surface area contributed by atoms with Crippen LogP contribution in [0.2, 0.25) is 0 Å². The molecule has 0 atom stereocenters. The van der Waals surface area contributed by atoms with Crippen molar-refractivity contribution in [3.05, 3.63) is 59.0 Å². The second-order valence-corrected chi connectivity index (χ2v) is 7.75. The van der Waals surface area contributed by atoms with E-state index in [9.17, 15) is 15.2 Å². The number of rotatable bonds is 3.